The van der Waals surface area contributed by atoms with Gasteiger partial charge in [0.1, 0.15) is 5.82 Å². The molecule has 1 heterocycles. The van der Waals surface area contributed by atoms with Crippen molar-refractivity contribution in [3.05, 3.63) is 109 Å². The zero-order valence-electron chi connectivity index (χ0n) is 18.5. The molecule has 34 heavy (non-hydrogen) atoms. The van der Waals surface area contributed by atoms with Gasteiger partial charge in [-0.1, -0.05) is 72.8 Å². The van der Waals surface area contributed by atoms with Crippen molar-refractivity contribution in [1.82, 2.24) is 15.3 Å². The van der Waals surface area contributed by atoms with Crippen LogP contribution in [-0.4, -0.2) is 22.0 Å². The molecule has 1 saturated carbocycles. The van der Waals surface area contributed by atoms with Gasteiger partial charge in [0.15, 0.2) is 0 Å². The first-order valence-electron chi connectivity index (χ1n) is 11.5. The third-order valence-corrected chi connectivity index (χ3v) is 6.34. The van der Waals surface area contributed by atoms with Gasteiger partial charge in [-0.3, -0.25) is 0 Å². The third-order valence-electron chi connectivity index (χ3n) is 6.34. The standard InChI is InChI=1S/C29H24N4O/c34-29(33-27-18-24(27)20-7-2-1-3-8-20)30-23-15-13-19(14-16-23)21-9-6-10-22(17-21)28-31-25-11-4-5-12-26(25)32-28/h1-17,24,27H,18H2,(H,31,32)(H2,30,33,34). The fourth-order valence-electron chi connectivity index (χ4n) is 4.44. The molecule has 3 N–H and O–H groups in total. The fourth-order valence-corrected chi connectivity index (χ4v) is 4.44. The molecule has 0 saturated heterocycles. The quantitative estimate of drug-likeness (QED) is 0.287. The van der Waals surface area contributed by atoms with Gasteiger partial charge in [0.2, 0.25) is 0 Å². The summed E-state index contributed by atoms with van der Waals surface area (Å²) in [7, 11) is 0. The van der Waals surface area contributed by atoms with E-state index in [4.69, 9.17) is 4.98 Å². The van der Waals surface area contributed by atoms with Crippen LogP contribution < -0.4 is 10.6 Å². The molecule has 6 rings (SSSR count). The number of anilines is 1. The summed E-state index contributed by atoms with van der Waals surface area (Å²) in [5.74, 6) is 1.26. The molecule has 1 fully saturated rings. The number of fused-ring (bicyclic) bond motifs is 1. The summed E-state index contributed by atoms with van der Waals surface area (Å²) >= 11 is 0. The van der Waals surface area contributed by atoms with Gasteiger partial charge < -0.3 is 15.6 Å². The zero-order valence-corrected chi connectivity index (χ0v) is 18.5. The van der Waals surface area contributed by atoms with Crippen molar-refractivity contribution in [3.63, 3.8) is 0 Å². The molecule has 166 valence electrons. The lowest BCUT2D eigenvalue weighted by atomic mass is 10.0. The van der Waals surface area contributed by atoms with Gasteiger partial charge in [-0.2, -0.15) is 0 Å². The molecule has 5 aromatic rings. The summed E-state index contributed by atoms with van der Waals surface area (Å²) in [4.78, 5) is 20.5. The number of H-pyrrole nitrogens is 1. The van der Waals surface area contributed by atoms with E-state index in [-0.39, 0.29) is 12.1 Å². The summed E-state index contributed by atoms with van der Waals surface area (Å²) in [5.41, 5.74) is 7.24. The molecule has 0 radical (unpaired) electrons. The molecule has 0 bridgehead atoms. The number of nitrogens with zero attached hydrogens (tertiary/aromatic N) is 1. The van der Waals surface area contributed by atoms with E-state index in [9.17, 15) is 4.79 Å². The molecule has 5 nitrogen and oxygen atoms in total. The van der Waals surface area contributed by atoms with E-state index in [2.05, 4.69) is 45.9 Å². The molecule has 0 aliphatic heterocycles. The third kappa shape index (κ3) is 4.16. The number of para-hydroxylation sites is 2. The normalized spacial score (nSPS) is 16.8. The smallest absolute Gasteiger partial charge is 0.319 e. The summed E-state index contributed by atoms with van der Waals surface area (Å²) in [6.45, 7) is 0. The van der Waals surface area contributed by atoms with E-state index in [1.54, 1.807) is 0 Å². The predicted molar refractivity (Wildman–Crippen MR) is 137 cm³/mol. The number of carbonyl (C=O) groups excluding carboxylic acids is 1. The molecule has 1 aliphatic carbocycles. The molecular formula is C29H24N4O. The predicted octanol–water partition coefficient (Wildman–Crippen LogP) is 6.57. The summed E-state index contributed by atoms with van der Waals surface area (Å²) < 4.78 is 0. The Balaban J connectivity index is 1.12. The lowest BCUT2D eigenvalue weighted by Crippen LogP contribution is -2.31. The van der Waals surface area contributed by atoms with Crippen LogP contribution in [0.15, 0.2) is 103 Å². The molecule has 5 heteroatoms. The Morgan fingerprint density at radius 1 is 0.794 bits per heavy atom. The van der Waals surface area contributed by atoms with Crippen LogP contribution >= 0.6 is 0 Å². The minimum Gasteiger partial charge on any atom is -0.338 e. The molecule has 4 aromatic carbocycles. The molecule has 1 aromatic heterocycles. The second-order valence-electron chi connectivity index (χ2n) is 8.72. The van der Waals surface area contributed by atoms with Gasteiger partial charge in [0, 0.05) is 23.2 Å². The van der Waals surface area contributed by atoms with Gasteiger partial charge >= 0.3 is 6.03 Å². The van der Waals surface area contributed by atoms with Crippen molar-refractivity contribution in [2.24, 2.45) is 0 Å². The topological polar surface area (TPSA) is 69.8 Å². The van der Waals surface area contributed by atoms with Gasteiger partial charge in [-0.25, -0.2) is 9.78 Å². The van der Waals surface area contributed by atoms with Crippen molar-refractivity contribution < 1.29 is 4.79 Å². The van der Waals surface area contributed by atoms with E-state index in [1.807, 2.05) is 72.8 Å². The number of aromatic nitrogens is 2. The van der Waals surface area contributed by atoms with Crippen LogP contribution in [0.3, 0.4) is 0 Å². The maximum atomic E-state index is 12.4. The molecule has 2 atom stereocenters. The Morgan fingerprint density at radius 2 is 1.56 bits per heavy atom. The number of nitrogens with one attached hydrogen (secondary N) is 3. The van der Waals surface area contributed by atoms with Crippen LogP contribution in [0.4, 0.5) is 10.5 Å². The van der Waals surface area contributed by atoms with Crippen molar-refractivity contribution >= 4 is 22.8 Å². The molecule has 2 unspecified atom stereocenters. The summed E-state index contributed by atoms with van der Waals surface area (Å²) in [6.07, 6.45) is 0.984. The number of rotatable bonds is 5. The first-order chi connectivity index (χ1) is 16.7. The number of hydrogen-bond donors (Lipinski definition) is 3. The van der Waals surface area contributed by atoms with E-state index in [0.29, 0.717) is 5.92 Å². The number of hydrogen-bond acceptors (Lipinski definition) is 2. The fraction of sp³-hybridized carbons (Fsp3) is 0.103. The highest BCUT2D eigenvalue weighted by molar-refractivity contribution is 5.90. The highest BCUT2D eigenvalue weighted by atomic mass is 16.2. The largest absolute Gasteiger partial charge is 0.338 e. The molecule has 1 aliphatic rings. The van der Waals surface area contributed by atoms with Crippen molar-refractivity contribution in [1.29, 1.82) is 0 Å². The zero-order chi connectivity index (χ0) is 22.9. The van der Waals surface area contributed by atoms with Gasteiger partial charge in [0.25, 0.3) is 0 Å². The number of carbonyl (C=O) groups is 1. The van der Waals surface area contributed by atoms with Crippen LogP contribution in [0.5, 0.6) is 0 Å². The minimum atomic E-state index is -0.164. The van der Waals surface area contributed by atoms with E-state index >= 15 is 0 Å². The second kappa shape index (κ2) is 8.52. The van der Waals surface area contributed by atoms with Crippen LogP contribution in [0, 0.1) is 0 Å². The Bertz CT molecular complexity index is 1420. The van der Waals surface area contributed by atoms with Crippen molar-refractivity contribution in [3.8, 4) is 22.5 Å². The number of benzene rings is 4. The number of imidazole rings is 1. The average Bonchev–Trinajstić information content (AvgIpc) is 3.50. The summed E-state index contributed by atoms with van der Waals surface area (Å²) in [6, 6.07) is 34.6. The van der Waals surface area contributed by atoms with Crippen LogP contribution in [0.25, 0.3) is 33.5 Å². The average molecular weight is 445 g/mol. The first-order valence-corrected chi connectivity index (χ1v) is 11.5. The van der Waals surface area contributed by atoms with Crippen LogP contribution in [-0.2, 0) is 0 Å². The molecule has 2 amide bonds. The minimum absolute atomic E-state index is 0.164. The Kier molecular flexibility index (Phi) is 5.07. The lowest BCUT2D eigenvalue weighted by molar-refractivity contribution is 0.251. The van der Waals surface area contributed by atoms with Crippen LogP contribution in [0.2, 0.25) is 0 Å². The number of amides is 2. The maximum absolute atomic E-state index is 12.4. The van der Waals surface area contributed by atoms with Crippen molar-refractivity contribution in [2.75, 3.05) is 5.32 Å². The van der Waals surface area contributed by atoms with E-state index < -0.39 is 0 Å². The second-order valence-corrected chi connectivity index (χ2v) is 8.72. The Labute approximate surface area is 197 Å². The monoisotopic (exact) mass is 444 g/mol. The Morgan fingerprint density at radius 3 is 2.38 bits per heavy atom. The number of aromatic amines is 1. The maximum Gasteiger partial charge on any atom is 0.319 e. The highest BCUT2D eigenvalue weighted by Gasteiger charge is 2.39. The molecular weight excluding hydrogens is 420 g/mol. The molecule has 0 spiro atoms. The van der Waals surface area contributed by atoms with Crippen LogP contribution in [0.1, 0.15) is 17.9 Å². The van der Waals surface area contributed by atoms with Gasteiger partial charge in [0.05, 0.1) is 11.0 Å². The van der Waals surface area contributed by atoms with Gasteiger partial charge in [-0.15, -0.1) is 0 Å². The van der Waals surface area contributed by atoms with Gasteiger partial charge in [-0.05, 0) is 53.4 Å². The number of urea groups is 1. The summed E-state index contributed by atoms with van der Waals surface area (Å²) in [5, 5.41) is 6.02. The lowest BCUT2D eigenvalue weighted by Gasteiger charge is -2.09. The Hall–Kier alpha value is -4.38. The van der Waals surface area contributed by atoms with E-state index in [0.717, 1.165) is 45.7 Å². The first kappa shape index (κ1) is 20.2. The SMILES string of the molecule is O=C(Nc1ccc(-c2cccc(-c3nc4ccccc4[nH]3)c2)cc1)NC1CC1c1ccccc1. The highest BCUT2D eigenvalue weighted by Crippen LogP contribution is 2.40. The van der Waals surface area contributed by atoms with Crippen molar-refractivity contribution in [2.45, 2.75) is 18.4 Å². The van der Waals surface area contributed by atoms with E-state index in [1.165, 1.54) is 5.56 Å².